The van der Waals surface area contributed by atoms with E-state index >= 15 is 0 Å². The van der Waals surface area contributed by atoms with E-state index in [2.05, 4.69) is 6.92 Å². The van der Waals surface area contributed by atoms with Gasteiger partial charge < -0.3 is 4.74 Å². The molecule has 2 saturated heterocycles. The lowest BCUT2D eigenvalue weighted by Gasteiger charge is -2.23. The number of anilines is 1. The van der Waals surface area contributed by atoms with Gasteiger partial charge in [0.1, 0.15) is 5.75 Å². The molecule has 2 aliphatic rings. The standard InChI is InChI=1S/C23H23N3O4S/c1-3-17-14-31-23(24-16-6-10-19(30-2)11-7-16)26(17)22(29)15-4-8-18(9-5-15)25-20(27)12-13-21(25)28/h4-11,17H,3,12-14H2,1-2H3. The van der Waals surface area contributed by atoms with Crippen molar-refractivity contribution < 1.29 is 19.1 Å². The van der Waals surface area contributed by atoms with Gasteiger partial charge in [0.25, 0.3) is 5.91 Å². The summed E-state index contributed by atoms with van der Waals surface area (Å²) in [6.07, 6.45) is 1.27. The van der Waals surface area contributed by atoms with Crippen molar-refractivity contribution in [2.75, 3.05) is 17.8 Å². The lowest BCUT2D eigenvalue weighted by atomic mass is 10.1. The van der Waals surface area contributed by atoms with Crippen LogP contribution >= 0.6 is 11.8 Å². The predicted molar refractivity (Wildman–Crippen MR) is 121 cm³/mol. The third-order valence-electron chi connectivity index (χ3n) is 5.39. The number of rotatable bonds is 5. The average Bonchev–Trinajstić information content (AvgIpc) is 3.36. The number of carbonyl (C=O) groups is 3. The Bertz CT molecular complexity index is 1020. The Morgan fingerprint density at radius 3 is 2.29 bits per heavy atom. The van der Waals surface area contributed by atoms with Gasteiger partial charge in [-0.2, -0.15) is 0 Å². The molecular weight excluding hydrogens is 414 g/mol. The van der Waals surface area contributed by atoms with E-state index in [0.29, 0.717) is 16.4 Å². The Balaban J connectivity index is 1.59. The third-order valence-corrected chi connectivity index (χ3v) is 6.48. The van der Waals surface area contributed by atoms with Gasteiger partial charge >= 0.3 is 0 Å². The Kier molecular flexibility index (Phi) is 6.08. The minimum Gasteiger partial charge on any atom is -0.497 e. The van der Waals surface area contributed by atoms with Crippen LogP contribution in [0.15, 0.2) is 53.5 Å². The molecule has 0 bridgehead atoms. The zero-order valence-electron chi connectivity index (χ0n) is 17.4. The summed E-state index contributed by atoms with van der Waals surface area (Å²) in [5, 5.41) is 0.663. The Morgan fingerprint density at radius 2 is 1.71 bits per heavy atom. The number of benzene rings is 2. The third kappa shape index (κ3) is 4.20. The van der Waals surface area contributed by atoms with Gasteiger partial charge in [-0.1, -0.05) is 18.7 Å². The quantitative estimate of drug-likeness (QED) is 0.661. The zero-order valence-corrected chi connectivity index (χ0v) is 18.2. The highest BCUT2D eigenvalue weighted by Gasteiger charge is 2.35. The highest BCUT2D eigenvalue weighted by Crippen LogP contribution is 2.31. The SMILES string of the molecule is CCC1CSC(=Nc2ccc(OC)cc2)N1C(=O)c1ccc(N2C(=O)CCC2=O)cc1. The number of ether oxygens (including phenoxy) is 1. The van der Waals surface area contributed by atoms with Crippen LogP contribution in [-0.4, -0.2) is 46.7 Å². The van der Waals surface area contributed by atoms with Gasteiger partial charge in [-0.3, -0.25) is 24.2 Å². The molecule has 31 heavy (non-hydrogen) atoms. The molecule has 0 spiro atoms. The molecule has 0 aromatic heterocycles. The molecule has 0 aliphatic carbocycles. The number of imide groups is 1. The van der Waals surface area contributed by atoms with Gasteiger partial charge in [0.15, 0.2) is 5.17 Å². The summed E-state index contributed by atoms with van der Waals surface area (Å²) in [7, 11) is 1.61. The normalized spacial score (nSPS) is 20.1. The van der Waals surface area contributed by atoms with Gasteiger partial charge in [-0.15, -0.1) is 0 Å². The first-order chi connectivity index (χ1) is 15.0. The van der Waals surface area contributed by atoms with Crippen LogP contribution < -0.4 is 9.64 Å². The first-order valence-electron chi connectivity index (χ1n) is 10.2. The lowest BCUT2D eigenvalue weighted by molar-refractivity contribution is -0.121. The van der Waals surface area contributed by atoms with Gasteiger partial charge in [0.05, 0.1) is 18.5 Å². The maximum Gasteiger partial charge on any atom is 0.260 e. The first-order valence-corrected chi connectivity index (χ1v) is 11.2. The highest BCUT2D eigenvalue weighted by atomic mass is 32.2. The van der Waals surface area contributed by atoms with Crippen LogP contribution in [0, 0.1) is 0 Å². The van der Waals surface area contributed by atoms with Crippen LogP contribution in [0.2, 0.25) is 0 Å². The van der Waals surface area contributed by atoms with E-state index in [-0.39, 0.29) is 36.6 Å². The van der Waals surface area contributed by atoms with E-state index in [1.165, 1.54) is 4.90 Å². The van der Waals surface area contributed by atoms with Crippen LogP contribution in [0.3, 0.4) is 0 Å². The molecule has 7 nitrogen and oxygen atoms in total. The Labute approximate surface area is 185 Å². The lowest BCUT2D eigenvalue weighted by Crippen LogP contribution is -2.39. The van der Waals surface area contributed by atoms with Crippen molar-refractivity contribution in [1.29, 1.82) is 0 Å². The molecule has 0 radical (unpaired) electrons. The summed E-state index contributed by atoms with van der Waals surface area (Å²) in [6.45, 7) is 2.05. The van der Waals surface area contributed by atoms with Crippen molar-refractivity contribution in [1.82, 2.24) is 4.90 Å². The summed E-state index contributed by atoms with van der Waals surface area (Å²) in [6, 6.07) is 14.1. The molecule has 0 saturated carbocycles. The van der Waals surface area contributed by atoms with Crippen molar-refractivity contribution in [2.45, 2.75) is 32.2 Å². The van der Waals surface area contributed by atoms with E-state index in [1.807, 2.05) is 24.3 Å². The van der Waals surface area contributed by atoms with Gasteiger partial charge in [-0.05, 0) is 55.0 Å². The molecule has 4 rings (SSSR count). The number of methoxy groups -OCH3 is 1. The van der Waals surface area contributed by atoms with Crippen LogP contribution in [-0.2, 0) is 9.59 Å². The van der Waals surface area contributed by atoms with Crippen molar-refractivity contribution >= 4 is 46.0 Å². The summed E-state index contributed by atoms with van der Waals surface area (Å²) in [4.78, 5) is 44.9. The van der Waals surface area contributed by atoms with Crippen LogP contribution in [0.4, 0.5) is 11.4 Å². The Morgan fingerprint density at radius 1 is 1.06 bits per heavy atom. The minimum atomic E-state index is -0.208. The molecular formula is C23H23N3O4S. The van der Waals surface area contributed by atoms with E-state index in [4.69, 9.17) is 9.73 Å². The molecule has 2 aliphatic heterocycles. The number of hydrogen-bond acceptors (Lipinski definition) is 6. The van der Waals surface area contributed by atoms with Crippen LogP contribution in [0.1, 0.15) is 36.5 Å². The second kappa shape index (κ2) is 8.93. The van der Waals surface area contributed by atoms with Crippen molar-refractivity contribution in [3.63, 3.8) is 0 Å². The fraction of sp³-hybridized carbons (Fsp3) is 0.304. The Hall–Kier alpha value is -3.13. The van der Waals surface area contributed by atoms with Crippen molar-refractivity contribution in [2.24, 2.45) is 4.99 Å². The molecule has 2 aromatic carbocycles. The number of carbonyl (C=O) groups excluding carboxylic acids is 3. The fourth-order valence-corrected chi connectivity index (χ4v) is 4.90. The van der Waals surface area contributed by atoms with E-state index in [0.717, 1.165) is 23.6 Å². The molecule has 1 atom stereocenters. The molecule has 1 unspecified atom stereocenters. The van der Waals surface area contributed by atoms with Crippen molar-refractivity contribution in [3.05, 3.63) is 54.1 Å². The number of aliphatic imine (C=N–C) groups is 1. The van der Waals surface area contributed by atoms with E-state index in [9.17, 15) is 14.4 Å². The second-order valence-electron chi connectivity index (χ2n) is 7.31. The first kappa shape index (κ1) is 21.1. The number of amidine groups is 1. The zero-order chi connectivity index (χ0) is 22.0. The molecule has 2 heterocycles. The number of thioether (sulfide) groups is 1. The van der Waals surface area contributed by atoms with Gasteiger partial charge in [0.2, 0.25) is 11.8 Å². The van der Waals surface area contributed by atoms with Gasteiger partial charge in [-0.25, -0.2) is 4.99 Å². The number of nitrogens with zero attached hydrogens (tertiary/aromatic N) is 3. The maximum absolute atomic E-state index is 13.3. The molecule has 2 fully saturated rings. The smallest absolute Gasteiger partial charge is 0.260 e. The molecule has 0 N–H and O–H groups in total. The minimum absolute atomic E-state index is 0.0518. The number of hydrogen-bond donors (Lipinski definition) is 0. The monoisotopic (exact) mass is 437 g/mol. The fourth-order valence-electron chi connectivity index (χ4n) is 3.63. The van der Waals surface area contributed by atoms with E-state index < -0.39 is 0 Å². The topological polar surface area (TPSA) is 79.3 Å². The summed E-state index contributed by atoms with van der Waals surface area (Å²) >= 11 is 1.56. The summed E-state index contributed by atoms with van der Waals surface area (Å²) in [5.74, 6) is 0.971. The van der Waals surface area contributed by atoms with Crippen molar-refractivity contribution in [3.8, 4) is 5.75 Å². The predicted octanol–water partition coefficient (Wildman–Crippen LogP) is 4.00. The highest BCUT2D eigenvalue weighted by molar-refractivity contribution is 8.14. The van der Waals surface area contributed by atoms with Crippen LogP contribution in [0.25, 0.3) is 0 Å². The summed E-state index contributed by atoms with van der Waals surface area (Å²) < 4.78 is 5.19. The van der Waals surface area contributed by atoms with E-state index in [1.54, 1.807) is 48.0 Å². The molecule has 8 heteroatoms. The largest absolute Gasteiger partial charge is 0.497 e. The molecule has 2 aromatic rings. The van der Waals surface area contributed by atoms with Gasteiger partial charge in [0, 0.05) is 30.2 Å². The average molecular weight is 438 g/mol. The van der Waals surface area contributed by atoms with Crippen LogP contribution in [0.5, 0.6) is 5.75 Å². The summed E-state index contributed by atoms with van der Waals surface area (Å²) in [5.41, 5.74) is 1.74. The second-order valence-corrected chi connectivity index (χ2v) is 8.30. The molecule has 160 valence electrons. The molecule has 3 amide bonds. The number of amides is 3. The maximum atomic E-state index is 13.3.